The lowest BCUT2D eigenvalue weighted by Crippen LogP contribution is -2.42. The molecular weight excluding hydrogens is 282 g/mol. The van der Waals surface area contributed by atoms with Crippen molar-refractivity contribution >= 4 is 11.8 Å². The smallest absolute Gasteiger partial charge is 0.122 e. The highest BCUT2D eigenvalue weighted by Gasteiger charge is 2.42. The zero-order chi connectivity index (χ0) is 14.3. The fourth-order valence-corrected chi connectivity index (χ4v) is 5.30. The Kier molecular flexibility index (Phi) is 3.64. The number of nitrogens with two attached hydrogens (primary N) is 1. The first-order chi connectivity index (χ1) is 10.3. The monoisotopic (exact) mass is 305 g/mol. The second-order valence-corrected chi connectivity index (χ2v) is 7.68. The molecule has 21 heavy (non-hydrogen) atoms. The Morgan fingerprint density at radius 3 is 3.14 bits per heavy atom. The molecule has 3 nitrogen and oxygen atoms in total. The molecule has 2 saturated heterocycles. The van der Waals surface area contributed by atoms with Crippen LogP contribution in [0.15, 0.2) is 18.2 Å². The first-order valence-corrected chi connectivity index (χ1v) is 9.14. The molecule has 0 aromatic heterocycles. The van der Waals surface area contributed by atoms with Crippen LogP contribution in [0, 0.1) is 5.92 Å². The summed E-state index contributed by atoms with van der Waals surface area (Å²) in [5.74, 6) is 3.96. The standard InChI is InChI=1S/C17H23NO2S/c18-16(13-1-2-15-12(9-13)3-6-19-15)14-4-7-20-17(10-14)5-8-21-11-17/h1-2,9,14,16H,3-8,10-11,18H2. The van der Waals surface area contributed by atoms with Gasteiger partial charge in [0.2, 0.25) is 0 Å². The molecule has 1 aromatic carbocycles. The van der Waals surface area contributed by atoms with Crippen molar-refractivity contribution in [3.63, 3.8) is 0 Å². The average molecular weight is 305 g/mol. The van der Waals surface area contributed by atoms with Gasteiger partial charge in [0, 0.05) is 24.8 Å². The SMILES string of the molecule is NC(c1ccc2c(c1)CCO2)C1CCOC2(CCSC2)C1. The van der Waals surface area contributed by atoms with E-state index in [0.29, 0.717) is 5.92 Å². The molecule has 2 fully saturated rings. The molecule has 1 aromatic rings. The Morgan fingerprint density at radius 1 is 1.33 bits per heavy atom. The van der Waals surface area contributed by atoms with E-state index < -0.39 is 0 Å². The molecule has 0 aliphatic carbocycles. The van der Waals surface area contributed by atoms with Crippen LogP contribution < -0.4 is 10.5 Å². The van der Waals surface area contributed by atoms with E-state index in [2.05, 4.69) is 18.2 Å². The van der Waals surface area contributed by atoms with Crippen LogP contribution in [0.25, 0.3) is 0 Å². The van der Waals surface area contributed by atoms with E-state index in [4.69, 9.17) is 15.2 Å². The third kappa shape index (κ3) is 2.58. The minimum Gasteiger partial charge on any atom is -0.493 e. The third-order valence-electron chi connectivity index (χ3n) is 5.20. The zero-order valence-corrected chi connectivity index (χ0v) is 13.2. The van der Waals surface area contributed by atoms with E-state index >= 15 is 0 Å². The van der Waals surface area contributed by atoms with Gasteiger partial charge in [0.15, 0.2) is 0 Å². The normalized spacial score (nSPS) is 32.9. The van der Waals surface area contributed by atoms with Crippen LogP contribution in [-0.2, 0) is 11.2 Å². The summed E-state index contributed by atoms with van der Waals surface area (Å²) in [5.41, 5.74) is 9.32. The predicted octanol–water partition coefficient (Wildman–Crippen LogP) is 2.92. The molecule has 3 atom stereocenters. The van der Waals surface area contributed by atoms with Crippen molar-refractivity contribution in [3.05, 3.63) is 29.3 Å². The van der Waals surface area contributed by atoms with Crippen LogP contribution in [0.3, 0.4) is 0 Å². The average Bonchev–Trinajstić information content (AvgIpc) is 3.15. The van der Waals surface area contributed by atoms with E-state index in [1.165, 1.54) is 23.3 Å². The number of hydrogen-bond acceptors (Lipinski definition) is 4. The van der Waals surface area contributed by atoms with Crippen molar-refractivity contribution in [1.82, 2.24) is 0 Å². The highest BCUT2D eigenvalue weighted by Crippen LogP contribution is 2.43. The van der Waals surface area contributed by atoms with Gasteiger partial charge >= 0.3 is 0 Å². The van der Waals surface area contributed by atoms with Gasteiger partial charge in [-0.1, -0.05) is 12.1 Å². The molecule has 3 unspecified atom stereocenters. The van der Waals surface area contributed by atoms with Gasteiger partial charge in [-0.25, -0.2) is 0 Å². The maximum absolute atomic E-state index is 6.61. The number of fused-ring (bicyclic) bond motifs is 1. The van der Waals surface area contributed by atoms with Crippen LogP contribution in [0.4, 0.5) is 0 Å². The van der Waals surface area contributed by atoms with Gasteiger partial charge < -0.3 is 15.2 Å². The molecule has 2 N–H and O–H groups in total. The Labute approximate surface area is 130 Å². The van der Waals surface area contributed by atoms with Gasteiger partial charge in [-0.15, -0.1) is 0 Å². The molecule has 0 bridgehead atoms. The first-order valence-electron chi connectivity index (χ1n) is 7.99. The summed E-state index contributed by atoms with van der Waals surface area (Å²) in [6.07, 6.45) is 4.42. The molecule has 1 spiro atoms. The lowest BCUT2D eigenvalue weighted by atomic mass is 9.79. The minimum atomic E-state index is 0.116. The number of benzene rings is 1. The Bertz CT molecular complexity index is 528. The van der Waals surface area contributed by atoms with Gasteiger partial charge in [0.05, 0.1) is 12.2 Å². The van der Waals surface area contributed by atoms with Gasteiger partial charge in [0.25, 0.3) is 0 Å². The maximum Gasteiger partial charge on any atom is 0.122 e. The zero-order valence-electron chi connectivity index (χ0n) is 12.3. The van der Waals surface area contributed by atoms with E-state index in [1.54, 1.807) is 0 Å². The summed E-state index contributed by atoms with van der Waals surface area (Å²) >= 11 is 2.02. The molecule has 4 heteroatoms. The molecule has 0 saturated carbocycles. The highest BCUT2D eigenvalue weighted by molar-refractivity contribution is 7.99. The Hall–Kier alpha value is -0.710. The van der Waals surface area contributed by atoms with Crippen molar-refractivity contribution in [2.75, 3.05) is 24.7 Å². The predicted molar refractivity (Wildman–Crippen MR) is 85.9 cm³/mol. The van der Waals surface area contributed by atoms with Crippen molar-refractivity contribution < 1.29 is 9.47 Å². The van der Waals surface area contributed by atoms with Gasteiger partial charge in [-0.05, 0) is 48.1 Å². The highest BCUT2D eigenvalue weighted by atomic mass is 32.2. The second-order valence-electron chi connectivity index (χ2n) is 6.58. The van der Waals surface area contributed by atoms with Crippen molar-refractivity contribution in [2.45, 2.75) is 37.3 Å². The summed E-state index contributed by atoms with van der Waals surface area (Å²) in [7, 11) is 0. The second kappa shape index (κ2) is 5.49. The summed E-state index contributed by atoms with van der Waals surface area (Å²) in [6.45, 7) is 1.68. The number of ether oxygens (including phenoxy) is 2. The van der Waals surface area contributed by atoms with Crippen molar-refractivity contribution in [1.29, 1.82) is 0 Å². The topological polar surface area (TPSA) is 44.5 Å². The van der Waals surface area contributed by atoms with Crippen LogP contribution in [0.2, 0.25) is 0 Å². The van der Waals surface area contributed by atoms with Crippen LogP contribution >= 0.6 is 11.8 Å². The lowest BCUT2D eigenvalue weighted by Gasteiger charge is -2.40. The lowest BCUT2D eigenvalue weighted by molar-refractivity contribution is -0.0834. The summed E-state index contributed by atoms with van der Waals surface area (Å²) < 4.78 is 11.7. The van der Waals surface area contributed by atoms with E-state index in [0.717, 1.165) is 44.0 Å². The van der Waals surface area contributed by atoms with Crippen molar-refractivity contribution in [3.8, 4) is 5.75 Å². The fraction of sp³-hybridized carbons (Fsp3) is 0.647. The summed E-state index contributed by atoms with van der Waals surface area (Å²) in [4.78, 5) is 0. The quantitative estimate of drug-likeness (QED) is 0.912. The van der Waals surface area contributed by atoms with Gasteiger partial charge in [0.1, 0.15) is 5.75 Å². The number of rotatable bonds is 2. The molecule has 0 amide bonds. The number of hydrogen-bond donors (Lipinski definition) is 1. The molecular formula is C17H23NO2S. The molecule has 3 heterocycles. The molecule has 3 aliphatic rings. The number of thioether (sulfide) groups is 1. The van der Waals surface area contributed by atoms with Crippen LogP contribution in [0.5, 0.6) is 5.75 Å². The first kappa shape index (κ1) is 13.9. The summed E-state index contributed by atoms with van der Waals surface area (Å²) in [5, 5.41) is 0. The Morgan fingerprint density at radius 2 is 2.29 bits per heavy atom. The molecule has 4 rings (SSSR count). The molecule has 0 radical (unpaired) electrons. The Balaban J connectivity index is 1.52. The van der Waals surface area contributed by atoms with Crippen molar-refractivity contribution in [2.24, 2.45) is 11.7 Å². The molecule has 114 valence electrons. The van der Waals surface area contributed by atoms with Crippen LogP contribution in [0.1, 0.15) is 36.4 Å². The van der Waals surface area contributed by atoms with Gasteiger partial charge in [-0.2, -0.15) is 11.8 Å². The minimum absolute atomic E-state index is 0.116. The van der Waals surface area contributed by atoms with Gasteiger partial charge in [-0.3, -0.25) is 0 Å². The largest absolute Gasteiger partial charge is 0.493 e. The maximum atomic E-state index is 6.61. The summed E-state index contributed by atoms with van der Waals surface area (Å²) in [6, 6.07) is 6.64. The van der Waals surface area contributed by atoms with E-state index in [1.807, 2.05) is 11.8 Å². The van der Waals surface area contributed by atoms with E-state index in [-0.39, 0.29) is 11.6 Å². The fourth-order valence-electron chi connectivity index (χ4n) is 3.92. The van der Waals surface area contributed by atoms with Crippen LogP contribution in [-0.4, -0.2) is 30.3 Å². The molecule has 3 aliphatic heterocycles. The van der Waals surface area contributed by atoms with E-state index in [9.17, 15) is 0 Å². The third-order valence-corrected chi connectivity index (χ3v) is 6.43.